The Morgan fingerprint density at radius 1 is 1.41 bits per heavy atom. The minimum atomic E-state index is -0.125. The van der Waals surface area contributed by atoms with E-state index in [9.17, 15) is 4.79 Å². The lowest BCUT2D eigenvalue weighted by atomic mass is 10.3. The van der Waals surface area contributed by atoms with Crippen LogP contribution in [0.15, 0.2) is 4.79 Å². The van der Waals surface area contributed by atoms with Gasteiger partial charge in [-0.1, -0.05) is 0 Å². The quantitative estimate of drug-likeness (QED) is 0.736. The van der Waals surface area contributed by atoms with Crippen LogP contribution < -0.4 is 10.9 Å². The van der Waals surface area contributed by atoms with Crippen molar-refractivity contribution < 1.29 is 4.74 Å². The maximum absolute atomic E-state index is 11.9. The molecule has 2 rings (SSSR count). The minimum absolute atomic E-state index is 0.125. The smallest absolute Gasteiger partial charge is 0.277 e. The van der Waals surface area contributed by atoms with Crippen molar-refractivity contribution in [3.05, 3.63) is 21.6 Å². The Hall–Kier alpha value is -1.89. The van der Waals surface area contributed by atoms with Crippen molar-refractivity contribution in [2.45, 2.75) is 13.8 Å². The average molecular weight is 237 g/mol. The van der Waals surface area contributed by atoms with E-state index in [1.807, 2.05) is 0 Å². The maximum atomic E-state index is 11.9. The van der Waals surface area contributed by atoms with Crippen LogP contribution in [-0.4, -0.2) is 39.8 Å². The van der Waals surface area contributed by atoms with Gasteiger partial charge in [-0.2, -0.15) is 9.50 Å². The monoisotopic (exact) mass is 237 g/mol. The van der Waals surface area contributed by atoms with Gasteiger partial charge in [-0.15, -0.1) is 0 Å². The van der Waals surface area contributed by atoms with Gasteiger partial charge < -0.3 is 10.1 Å². The van der Waals surface area contributed by atoms with Gasteiger partial charge >= 0.3 is 0 Å². The van der Waals surface area contributed by atoms with Crippen LogP contribution in [0.4, 0.5) is 5.95 Å². The molecule has 2 heterocycles. The Balaban J connectivity index is 2.37. The largest absolute Gasteiger partial charge is 0.383 e. The number of hydrogen-bond acceptors (Lipinski definition) is 5. The lowest BCUT2D eigenvalue weighted by Crippen LogP contribution is -2.19. The summed E-state index contributed by atoms with van der Waals surface area (Å²) in [6.07, 6.45) is 0. The van der Waals surface area contributed by atoms with Crippen molar-refractivity contribution in [3.63, 3.8) is 0 Å². The van der Waals surface area contributed by atoms with E-state index in [1.54, 1.807) is 21.0 Å². The molecule has 0 saturated heterocycles. The standard InChI is InChI=1S/C10H15N5O2/c1-6-7(2)12-10-13-9(11-4-5-17-3)14-15(10)8(6)16/h4-5H2,1-3H3,(H2,11,12,13,14). The number of methoxy groups -OCH3 is 1. The van der Waals surface area contributed by atoms with E-state index in [0.29, 0.717) is 36.1 Å². The Morgan fingerprint density at radius 3 is 2.88 bits per heavy atom. The van der Waals surface area contributed by atoms with E-state index >= 15 is 0 Å². The third kappa shape index (κ3) is 2.14. The molecule has 2 aromatic heterocycles. The first kappa shape index (κ1) is 11.6. The number of rotatable bonds is 4. The fourth-order valence-corrected chi connectivity index (χ4v) is 1.45. The summed E-state index contributed by atoms with van der Waals surface area (Å²) in [7, 11) is 1.62. The second-order valence-electron chi connectivity index (χ2n) is 3.75. The van der Waals surface area contributed by atoms with Gasteiger partial charge in [0.05, 0.1) is 6.61 Å². The molecular weight excluding hydrogens is 222 g/mol. The van der Waals surface area contributed by atoms with Crippen LogP contribution in [0, 0.1) is 13.8 Å². The number of aryl methyl sites for hydroxylation is 1. The third-order valence-electron chi connectivity index (χ3n) is 2.56. The lowest BCUT2D eigenvalue weighted by Gasteiger charge is -1.99. The topological polar surface area (TPSA) is 84.3 Å². The molecule has 0 atom stereocenters. The van der Waals surface area contributed by atoms with E-state index in [2.05, 4.69) is 20.4 Å². The molecule has 17 heavy (non-hydrogen) atoms. The third-order valence-corrected chi connectivity index (χ3v) is 2.56. The molecule has 0 amide bonds. The van der Waals surface area contributed by atoms with Gasteiger partial charge in [0.25, 0.3) is 11.3 Å². The highest BCUT2D eigenvalue weighted by Crippen LogP contribution is 2.03. The number of H-pyrrole nitrogens is 1. The molecule has 0 fully saturated rings. The molecule has 92 valence electrons. The Bertz CT molecular complexity index is 586. The first-order valence-corrected chi connectivity index (χ1v) is 5.32. The van der Waals surface area contributed by atoms with E-state index in [4.69, 9.17) is 4.74 Å². The average Bonchev–Trinajstić information content (AvgIpc) is 2.70. The fraction of sp³-hybridized carbons (Fsp3) is 0.500. The summed E-state index contributed by atoms with van der Waals surface area (Å²) in [5.41, 5.74) is 1.19. The normalized spacial score (nSPS) is 11.0. The zero-order valence-corrected chi connectivity index (χ0v) is 10.1. The predicted octanol–water partition coefficient (Wildman–Crippen LogP) is 0.0927. The molecule has 0 saturated carbocycles. The number of nitrogens with one attached hydrogen (secondary N) is 2. The molecule has 0 aliphatic carbocycles. The Morgan fingerprint density at radius 2 is 2.18 bits per heavy atom. The van der Waals surface area contributed by atoms with Gasteiger partial charge in [0.2, 0.25) is 5.95 Å². The van der Waals surface area contributed by atoms with Crippen LogP contribution in [0.1, 0.15) is 11.3 Å². The summed E-state index contributed by atoms with van der Waals surface area (Å²) >= 11 is 0. The van der Waals surface area contributed by atoms with Crippen LogP contribution >= 0.6 is 0 Å². The van der Waals surface area contributed by atoms with Crippen LogP contribution in [0.2, 0.25) is 0 Å². The van der Waals surface area contributed by atoms with Crippen molar-refractivity contribution in [1.29, 1.82) is 0 Å². The zero-order chi connectivity index (χ0) is 12.4. The summed E-state index contributed by atoms with van der Waals surface area (Å²) in [4.78, 5) is 20.3. The van der Waals surface area contributed by atoms with Crippen LogP contribution in [-0.2, 0) is 4.74 Å². The number of fused-ring (bicyclic) bond motifs is 1. The van der Waals surface area contributed by atoms with Gasteiger partial charge in [0.15, 0.2) is 0 Å². The molecular formula is C10H15N5O2. The van der Waals surface area contributed by atoms with Crippen molar-refractivity contribution in [2.24, 2.45) is 0 Å². The van der Waals surface area contributed by atoms with Crippen LogP contribution in [0.5, 0.6) is 0 Å². The molecule has 7 heteroatoms. The Kier molecular flexibility index (Phi) is 3.10. The minimum Gasteiger partial charge on any atom is -0.383 e. The van der Waals surface area contributed by atoms with E-state index in [1.165, 1.54) is 4.52 Å². The SMILES string of the molecule is COCCNc1nc2nc(C)c(C)c(=O)n2[nH]1. The molecule has 2 aromatic rings. The van der Waals surface area contributed by atoms with Gasteiger partial charge in [-0.25, -0.2) is 4.98 Å². The first-order valence-electron chi connectivity index (χ1n) is 5.32. The van der Waals surface area contributed by atoms with Gasteiger partial charge in [-0.05, 0) is 13.8 Å². The molecule has 0 radical (unpaired) electrons. The van der Waals surface area contributed by atoms with Gasteiger partial charge in [0.1, 0.15) is 0 Å². The number of ether oxygens (including phenoxy) is 1. The molecule has 7 nitrogen and oxygen atoms in total. The highest BCUT2D eigenvalue weighted by molar-refractivity contribution is 5.38. The van der Waals surface area contributed by atoms with Gasteiger partial charge in [-0.3, -0.25) is 9.89 Å². The summed E-state index contributed by atoms with van der Waals surface area (Å²) < 4.78 is 6.24. The number of nitrogens with zero attached hydrogens (tertiary/aromatic N) is 3. The number of aromatic nitrogens is 4. The molecule has 0 aliphatic heterocycles. The van der Waals surface area contributed by atoms with Crippen molar-refractivity contribution in [1.82, 2.24) is 19.6 Å². The first-order chi connectivity index (χ1) is 8.13. The predicted molar refractivity (Wildman–Crippen MR) is 63.4 cm³/mol. The molecule has 2 N–H and O–H groups in total. The molecule has 0 bridgehead atoms. The zero-order valence-electron chi connectivity index (χ0n) is 10.1. The van der Waals surface area contributed by atoms with Crippen molar-refractivity contribution in [3.8, 4) is 0 Å². The summed E-state index contributed by atoms with van der Waals surface area (Å²) in [6, 6.07) is 0. The number of aromatic amines is 1. The summed E-state index contributed by atoms with van der Waals surface area (Å²) in [5, 5.41) is 5.86. The maximum Gasteiger partial charge on any atom is 0.277 e. The fourth-order valence-electron chi connectivity index (χ4n) is 1.45. The highest BCUT2D eigenvalue weighted by atomic mass is 16.5. The van der Waals surface area contributed by atoms with Crippen molar-refractivity contribution in [2.75, 3.05) is 25.6 Å². The summed E-state index contributed by atoms with van der Waals surface area (Å²) in [6.45, 7) is 4.72. The number of hydrogen-bond donors (Lipinski definition) is 2. The lowest BCUT2D eigenvalue weighted by molar-refractivity contribution is 0.210. The van der Waals surface area contributed by atoms with Gasteiger partial charge in [0, 0.05) is 24.9 Å². The van der Waals surface area contributed by atoms with E-state index in [-0.39, 0.29) is 5.56 Å². The van der Waals surface area contributed by atoms with E-state index < -0.39 is 0 Å². The van der Waals surface area contributed by atoms with Crippen LogP contribution in [0.3, 0.4) is 0 Å². The number of anilines is 1. The molecule has 0 aliphatic rings. The van der Waals surface area contributed by atoms with E-state index in [0.717, 1.165) is 0 Å². The Labute approximate surface area is 97.8 Å². The highest BCUT2D eigenvalue weighted by Gasteiger charge is 2.09. The second kappa shape index (κ2) is 4.54. The molecule has 0 unspecified atom stereocenters. The van der Waals surface area contributed by atoms with Crippen molar-refractivity contribution >= 4 is 11.7 Å². The second-order valence-corrected chi connectivity index (χ2v) is 3.75. The molecule has 0 aromatic carbocycles. The molecule has 0 spiro atoms. The summed E-state index contributed by atoms with van der Waals surface area (Å²) in [5.74, 6) is 0.884. The van der Waals surface area contributed by atoms with Crippen LogP contribution in [0.25, 0.3) is 5.78 Å².